The second-order valence-corrected chi connectivity index (χ2v) is 9.27. The van der Waals surface area contributed by atoms with Gasteiger partial charge in [0.15, 0.2) is 0 Å². The Hall–Kier alpha value is -2.38. The fourth-order valence-electron chi connectivity index (χ4n) is 3.32. The minimum atomic E-state index is -3.55. The molecule has 27 heavy (non-hydrogen) atoms. The van der Waals surface area contributed by atoms with E-state index in [4.69, 9.17) is 0 Å². The number of hydrogen-bond acceptors (Lipinski definition) is 4. The number of aryl methyl sites for hydroxylation is 1. The van der Waals surface area contributed by atoms with Crippen molar-refractivity contribution in [3.8, 4) is 0 Å². The maximum atomic E-state index is 12.7. The van der Waals surface area contributed by atoms with Crippen molar-refractivity contribution in [2.45, 2.75) is 31.2 Å². The third kappa shape index (κ3) is 3.84. The number of fused-ring (bicyclic) bond motifs is 1. The van der Waals surface area contributed by atoms with Gasteiger partial charge < -0.3 is 10.2 Å². The highest BCUT2D eigenvalue weighted by molar-refractivity contribution is 7.89. The molecule has 0 radical (unpaired) electrons. The lowest BCUT2D eigenvalue weighted by Crippen LogP contribution is -2.37. The van der Waals surface area contributed by atoms with Crippen LogP contribution in [0.2, 0.25) is 0 Å². The van der Waals surface area contributed by atoms with E-state index in [0.29, 0.717) is 5.69 Å². The monoisotopic (exact) mass is 387 g/mol. The molecule has 6 nitrogen and oxygen atoms in total. The number of anilines is 2. The number of benzene rings is 2. The summed E-state index contributed by atoms with van der Waals surface area (Å²) in [7, 11) is -0.580. The number of rotatable bonds is 5. The van der Waals surface area contributed by atoms with E-state index in [9.17, 15) is 13.2 Å². The van der Waals surface area contributed by atoms with Gasteiger partial charge in [-0.2, -0.15) is 0 Å². The van der Waals surface area contributed by atoms with Crippen LogP contribution in [-0.2, 0) is 21.2 Å². The Labute approximate surface area is 160 Å². The Morgan fingerprint density at radius 1 is 1.22 bits per heavy atom. The Balaban J connectivity index is 1.79. The smallest absolute Gasteiger partial charge is 0.243 e. The molecule has 0 aromatic heterocycles. The quantitative estimate of drug-likeness (QED) is 0.856. The summed E-state index contributed by atoms with van der Waals surface area (Å²) in [5.74, 6) is -0.166. The largest absolute Gasteiger partial charge is 0.359 e. The molecule has 0 bridgehead atoms. The summed E-state index contributed by atoms with van der Waals surface area (Å²) < 4.78 is 25.8. The molecular weight excluding hydrogens is 362 g/mol. The maximum Gasteiger partial charge on any atom is 0.243 e. The molecule has 1 atom stereocenters. The molecule has 1 heterocycles. The van der Waals surface area contributed by atoms with Gasteiger partial charge in [-0.1, -0.05) is 24.3 Å². The Morgan fingerprint density at radius 2 is 1.93 bits per heavy atom. The lowest BCUT2D eigenvalue weighted by Gasteiger charge is -2.24. The number of para-hydroxylation sites is 1. The van der Waals surface area contributed by atoms with Gasteiger partial charge in [0.2, 0.25) is 15.9 Å². The maximum absolute atomic E-state index is 12.7. The van der Waals surface area contributed by atoms with Crippen LogP contribution in [0.1, 0.15) is 18.1 Å². The number of carbonyl (C=O) groups is 1. The topological polar surface area (TPSA) is 69.7 Å². The zero-order valence-electron chi connectivity index (χ0n) is 16.1. The summed E-state index contributed by atoms with van der Waals surface area (Å²) >= 11 is 0. The Kier molecular flexibility index (Phi) is 5.26. The number of amides is 1. The third-order valence-corrected chi connectivity index (χ3v) is 6.74. The molecule has 1 aliphatic rings. The van der Waals surface area contributed by atoms with Crippen molar-refractivity contribution in [3.63, 3.8) is 0 Å². The van der Waals surface area contributed by atoms with E-state index in [-0.39, 0.29) is 23.4 Å². The minimum Gasteiger partial charge on any atom is -0.359 e. The van der Waals surface area contributed by atoms with Crippen LogP contribution in [0.5, 0.6) is 0 Å². The molecule has 0 aliphatic carbocycles. The molecule has 1 aliphatic heterocycles. The average molecular weight is 388 g/mol. The van der Waals surface area contributed by atoms with Gasteiger partial charge in [-0.25, -0.2) is 12.7 Å². The van der Waals surface area contributed by atoms with E-state index in [0.717, 1.165) is 22.0 Å². The van der Waals surface area contributed by atoms with Crippen LogP contribution in [0, 0.1) is 6.92 Å². The van der Waals surface area contributed by atoms with E-state index >= 15 is 0 Å². The molecule has 1 N–H and O–H groups in total. The first-order valence-electron chi connectivity index (χ1n) is 8.87. The first-order valence-corrected chi connectivity index (χ1v) is 10.3. The lowest BCUT2D eigenvalue weighted by atomic mass is 10.1. The summed E-state index contributed by atoms with van der Waals surface area (Å²) in [5.41, 5.74) is 3.66. The third-order valence-electron chi connectivity index (χ3n) is 4.92. The SMILES string of the molecule is Cc1ccc(S(=O)(=O)N(C)C)cc1NC(=O)CN1c2ccccc2C[C@@H]1C. The highest BCUT2D eigenvalue weighted by atomic mass is 32.2. The van der Waals surface area contributed by atoms with E-state index in [1.165, 1.54) is 25.7 Å². The predicted molar refractivity (Wildman–Crippen MR) is 108 cm³/mol. The number of sulfonamides is 1. The summed E-state index contributed by atoms with van der Waals surface area (Å²) in [6.45, 7) is 4.17. The zero-order chi connectivity index (χ0) is 19.8. The van der Waals surface area contributed by atoms with Crippen LogP contribution in [0.25, 0.3) is 0 Å². The van der Waals surface area contributed by atoms with Crippen LogP contribution in [0.3, 0.4) is 0 Å². The molecule has 0 saturated heterocycles. The molecule has 0 spiro atoms. The summed E-state index contributed by atoms with van der Waals surface area (Å²) in [4.78, 5) is 14.9. The molecule has 0 fully saturated rings. The van der Waals surface area contributed by atoms with Gasteiger partial charge in [0.05, 0.1) is 11.4 Å². The van der Waals surface area contributed by atoms with Crippen molar-refractivity contribution in [2.75, 3.05) is 30.9 Å². The number of nitrogens with zero attached hydrogens (tertiary/aromatic N) is 2. The summed E-state index contributed by atoms with van der Waals surface area (Å²) in [6, 6.07) is 13.1. The highest BCUT2D eigenvalue weighted by Gasteiger charge is 2.27. The van der Waals surface area contributed by atoms with E-state index in [2.05, 4.69) is 23.2 Å². The minimum absolute atomic E-state index is 0.160. The molecular formula is C20H25N3O3S. The molecule has 0 unspecified atom stereocenters. The first-order chi connectivity index (χ1) is 12.7. The van der Waals surface area contributed by atoms with Gasteiger partial charge in [0.1, 0.15) is 0 Å². The predicted octanol–water partition coefficient (Wildman–Crippen LogP) is 2.64. The number of hydrogen-bond donors (Lipinski definition) is 1. The molecule has 1 amide bonds. The van der Waals surface area contributed by atoms with E-state index < -0.39 is 10.0 Å². The highest BCUT2D eigenvalue weighted by Crippen LogP contribution is 2.31. The number of carbonyl (C=O) groups excluding carboxylic acids is 1. The van der Waals surface area contributed by atoms with Gasteiger partial charge >= 0.3 is 0 Å². The average Bonchev–Trinajstić information content (AvgIpc) is 2.92. The van der Waals surface area contributed by atoms with Crippen LogP contribution in [0.15, 0.2) is 47.4 Å². The van der Waals surface area contributed by atoms with Gasteiger partial charge in [-0.3, -0.25) is 4.79 Å². The Morgan fingerprint density at radius 3 is 2.63 bits per heavy atom. The standard InChI is InChI=1S/C20H25N3O3S/c1-14-9-10-17(27(25,26)22(3)4)12-18(14)21-20(24)13-23-15(2)11-16-7-5-6-8-19(16)23/h5-10,12,15H,11,13H2,1-4H3,(H,21,24)/t15-/m0/s1. The van der Waals surface area contributed by atoms with Crippen molar-refractivity contribution in [1.82, 2.24) is 4.31 Å². The second-order valence-electron chi connectivity index (χ2n) is 7.12. The molecule has 2 aromatic rings. The van der Waals surface area contributed by atoms with Crippen LogP contribution in [-0.4, -0.2) is 45.3 Å². The van der Waals surface area contributed by atoms with Crippen molar-refractivity contribution in [3.05, 3.63) is 53.6 Å². The van der Waals surface area contributed by atoms with Crippen LogP contribution < -0.4 is 10.2 Å². The lowest BCUT2D eigenvalue weighted by molar-refractivity contribution is -0.115. The second kappa shape index (κ2) is 7.32. The molecule has 7 heteroatoms. The van der Waals surface area contributed by atoms with Gasteiger partial charge in [-0.15, -0.1) is 0 Å². The van der Waals surface area contributed by atoms with Crippen LogP contribution in [0.4, 0.5) is 11.4 Å². The van der Waals surface area contributed by atoms with Gasteiger partial charge in [0, 0.05) is 31.5 Å². The van der Waals surface area contributed by atoms with E-state index in [1.54, 1.807) is 12.1 Å². The van der Waals surface area contributed by atoms with E-state index in [1.807, 2.05) is 25.1 Å². The molecule has 144 valence electrons. The fourth-order valence-corrected chi connectivity index (χ4v) is 4.25. The van der Waals surface area contributed by atoms with Crippen molar-refractivity contribution in [1.29, 1.82) is 0 Å². The zero-order valence-corrected chi connectivity index (χ0v) is 16.9. The summed E-state index contributed by atoms with van der Waals surface area (Å²) in [5, 5.41) is 2.88. The molecule has 0 saturated carbocycles. The molecule has 2 aromatic carbocycles. The van der Waals surface area contributed by atoms with Gasteiger partial charge in [0.25, 0.3) is 0 Å². The Bertz CT molecular complexity index is 970. The van der Waals surface area contributed by atoms with Crippen LogP contribution >= 0.6 is 0 Å². The van der Waals surface area contributed by atoms with Crippen molar-refractivity contribution in [2.24, 2.45) is 0 Å². The fraction of sp³-hybridized carbons (Fsp3) is 0.350. The van der Waals surface area contributed by atoms with Crippen molar-refractivity contribution < 1.29 is 13.2 Å². The first kappa shape index (κ1) is 19.4. The molecule has 3 rings (SSSR count). The summed E-state index contributed by atoms with van der Waals surface area (Å²) in [6.07, 6.45) is 0.916. The normalized spacial score (nSPS) is 16.5. The van der Waals surface area contributed by atoms with Gasteiger partial charge in [-0.05, 0) is 49.6 Å². The number of nitrogens with one attached hydrogen (secondary N) is 1. The van der Waals surface area contributed by atoms with Crippen molar-refractivity contribution >= 4 is 27.3 Å².